The van der Waals surface area contributed by atoms with Crippen LogP contribution in [0.25, 0.3) is 0 Å². The van der Waals surface area contributed by atoms with Gasteiger partial charge < -0.3 is 18.9 Å². The SMILES string of the molecule is C[C@@H](COC(c1ccccc1)(c1ccccc1)c1ccccc1)C[C@@H](C)[C@H](OCc1ccccc1)[C@H](C)C[C@@H](C)[C@@H]1O[C@H](c2ccccc2)OC[C@H]1C. The zero-order valence-corrected chi connectivity index (χ0v) is 32.2. The van der Waals surface area contributed by atoms with Gasteiger partial charge in [-0.05, 0) is 58.8 Å². The Morgan fingerprint density at radius 2 is 1.09 bits per heavy atom. The van der Waals surface area contributed by atoms with Gasteiger partial charge in [-0.3, -0.25) is 0 Å². The van der Waals surface area contributed by atoms with Crippen molar-refractivity contribution in [3.8, 4) is 0 Å². The number of ether oxygens (including phenoxy) is 4. The molecule has 0 aliphatic carbocycles. The van der Waals surface area contributed by atoms with Crippen LogP contribution in [0.4, 0.5) is 0 Å². The molecule has 0 unspecified atom stereocenters. The summed E-state index contributed by atoms with van der Waals surface area (Å²) in [5.74, 6) is 1.58. The van der Waals surface area contributed by atoms with E-state index >= 15 is 0 Å². The highest BCUT2D eigenvalue weighted by Crippen LogP contribution is 2.42. The third-order valence-corrected chi connectivity index (χ3v) is 11.0. The molecule has 8 atom stereocenters. The molecule has 5 aromatic carbocycles. The molecule has 1 aliphatic rings. The largest absolute Gasteiger partial charge is 0.373 e. The molecular formula is C49H58O4. The van der Waals surface area contributed by atoms with Crippen LogP contribution in [-0.4, -0.2) is 25.4 Å². The van der Waals surface area contributed by atoms with Crippen LogP contribution in [0.2, 0.25) is 0 Å². The Hall–Kier alpha value is -4.06. The first kappa shape index (κ1) is 38.7. The Balaban J connectivity index is 1.18. The van der Waals surface area contributed by atoms with Crippen molar-refractivity contribution in [1.29, 1.82) is 0 Å². The summed E-state index contributed by atoms with van der Waals surface area (Å²) in [5, 5.41) is 0. The van der Waals surface area contributed by atoms with E-state index in [1.54, 1.807) is 0 Å². The minimum Gasteiger partial charge on any atom is -0.373 e. The number of benzene rings is 5. The smallest absolute Gasteiger partial charge is 0.184 e. The molecule has 1 saturated heterocycles. The lowest BCUT2D eigenvalue weighted by Crippen LogP contribution is -2.41. The van der Waals surface area contributed by atoms with E-state index in [9.17, 15) is 0 Å². The average molecular weight is 711 g/mol. The molecule has 1 aliphatic heterocycles. The van der Waals surface area contributed by atoms with E-state index in [1.165, 1.54) is 5.56 Å². The van der Waals surface area contributed by atoms with Gasteiger partial charge in [0.05, 0.1) is 32.0 Å². The lowest BCUT2D eigenvalue weighted by molar-refractivity contribution is -0.251. The minimum atomic E-state index is -0.731. The zero-order chi connectivity index (χ0) is 37.0. The summed E-state index contributed by atoms with van der Waals surface area (Å²) in [4.78, 5) is 0. The molecule has 0 saturated carbocycles. The first-order chi connectivity index (χ1) is 25.8. The molecule has 0 spiro atoms. The summed E-state index contributed by atoms with van der Waals surface area (Å²) in [7, 11) is 0. The Labute approximate surface area is 318 Å². The van der Waals surface area contributed by atoms with Crippen molar-refractivity contribution < 1.29 is 18.9 Å². The van der Waals surface area contributed by atoms with E-state index in [0.717, 1.165) is 35.1 Å². The Kier molecular flexibility index (Phi) is 13.7. The summed E-state index contributed by atoms with van der Waals surface area (Å²) in [6, 6.07) is 52.9. The summed E-state index contributed by atoms with van der Waals surface area (Å²) in [5.41, 5.74) is 4.93. The average Bonchev–Trinajstić information content (AvgIpc) is 3.20. The van der Waals surface area contributed by atoms with Crippen LogP contribution in [0.3, 0.4) is 0 Å². The molecule has 0 aromatic heterocycles. The minimum absolute atomic E-state index is 0.0716. The third-order valence-electron chi connectivity index (χ3n) is 11.0. The van der Waals surface area contributed by atoms with Crippen LogP contribution in [-0.2, 0) is 31.2 Å². The van der Waals surface area contributed by atoms with Gasteiger partial charge in [0.1, 0.15) is 5.60 Å². The first-order valence-electron chi connectivity index (χ1n) is 19.6. The second kappa shape index (κ2) is 18.8. The van der Waals surface area contributed by atoms with Crippen LogP contribution in [0.1, 0.15) is 81.6 Å². The highest BCUT2D eigenvalue weighted by atomic mass is 16.7. The normalized spacial score (nSPS) is 20.6. The number of hydrogen-bond donors (Lipinski definition) is 0. The van der Waals surface area contributed by atoms with Crippen LogP contribution in [0.5, 0.6) is 0 Å². The summed E-state index contributed by atoms with van der Waals surface area (Å²) in [6.45, 7) is 13.6. The Morgan fingerprint density at radius 3 is 1.62 bits per heavy atom. The van der Waals surface area contributed by atoms with Crippen LogP contribution in [0, 0.1) is 29.6 Å². The van der Waals surface area contributed by atoms with E-state index in [0.29, 0.717) is 49.4 Å². The van der Waals surface area contributed by atoms with Crippen molar-refractivity contribution in [2.75, 3.05) is 13.2 Å². The molecular weight excluding hydrogens is 653 g/mol. The van der Waals surface area contributed by atoms with Crippen LogP contribution in [0.15, 0.2) is 152 Å². The molecule has 6 rings (SSSR count). The molecule has 5 aromatic rings. The van der Waals surface area contributed by atoms with Crippen molar-refractivity contribution >= 4 is 0 Å². The molecule has 0 N–H and O–H groups in total. The van der Waals surface area contributed by atoms with Gasteiger partial charge in [0.2, 0.25) is 0 Å². The summed E-state index contributed by atoms with van der Waals surface area (Å²) >= 11 is 0. The fourth-order valence-corrected chi connectivity index (χ4v) is 8.51. The van der Waals surface area contributed by atoms with Gasteiger partial charge in [0.15, 0.2) is 6.29 Å². The molecule has 53 heavy (non-hydrogen) atoms. The lowest BCUT2D eigenvalue weighted by Gasteiger charge is -2.40. The second-order valence-corrected chi connectivity index (χ2v) is 15.5. The number of rotatable bonds is 17. The zero-order valence-electron chi connectivity index (χ0n) is 32.2. The molecule has 278 valence electrons. The van der Waals surface area contributed by atoms with E-state index in [4.69, 9.17) is 18.9 Å². The predicted molar refractivity (Wildman–Crippen MR) is 215 cm³/mol. The van der Waals surface area contributed by atoms with E-state index in [1.807, 2.05) is 18.2 Å². The van der Waals surface area contributed by atoms with Crippen molar-refractivity contribution in [3.63, 3.8) is 0 Å². The summed E-state index contributed by atoms with van der Waals surface area (Å²) < 4.78 is 27.0. The molecule has 0 radical (unpaired) electrons. The maximum Gasteiger partial charge on any atom is 0.184 e. The van der Waals surface area contributed by atoms with E-state index < -0.39 is 5.60 Å². The molecule has 0 amide bonds. The van der Waals surface area contributed by atoms with Gasteiger partial charge in [-0.1, -0.05) is 186 Å². The van der Waals surface area contributed by atoms with Gasteiger partial charge in [-0.25, -0.2) is 0 Å². The van der Waals surface area contributed by atoms with Crippen LogP contribution >= 0.6 is 0 Å². The monoisotopic (exact) mass is 710 g/mol. The molecule has 1 heterocycles. The van der Waals surface area contributed by atoms with E-state index in [-0.39, 0.29) is 18.5 Å². The van der Waals surface area contributed by atoms with Gasteiger partial charge >= 0.3 is 0 Å². The third kappa shape index (κ3) is 9.74. The Bertz CT molecular complexity index is 1650. The van der Waals surface area contributed by atoms with Crippen molar-refractivity contribution in [2.45, 2.75) is 78.2 Å². The Morgan fingerprint density at radius 1 is 0.623 bits per heavy atom. The second-order valence-electron chi connectivity index (χ2n) is 15.5. The van der Waals surface area contributed by atoms with E-state index in [2.05, 4.69) is 168 Å². The fourth-order valence-electron chi connectivity index (χ4n) is 8.51. The standard InChI is InChI=1S/C49H58O4/c1-36(33-52-49(43-25-15-8-16-26-43,44-27-17-9-18-28-44)45-29-19-10-20-30-45)31-37(2)46(50-35-41-21-11-6-12-22-41)38(3)32-39(4)47-40(5)34-51-48(53-47)42-23-13-7-14-24-42/h6-30,36-40,46-48H,31-35H2,1-5H3/t36-,37-,38-,39-,40-,46+,47+,48-/m1/s1. The van der Waals surface area contributed by atoms with Crippen molar-refractivity contribution in [2.24, 2.45) is 29.6 Å². The quantitative estimate of drug-likeness (QED) is 0.0900. The predicted octanol–water partition coefficient (Wildman–Crippen LogP) is 11.7. The number of hydrogen-bond acceptors (Lipinski definition) is 4. The molecule has 4 heteroatoms. The van der Waals surface area contributed by atoms with Gasteiger partial charge in [-0.15, -0.1) is 0 Å². The van der Waals surface area contributed by atoms with Gasteiger partial charge in [0.25, 0.3) is 0 Å². The van der Waals surface area contributed by atoms with Crippen molar-refractivity contribution in [1.82, 2.24) is 0 Å². The highest BCUT2D eigenvalue weighted by molar-refractivity contribution is 5.47. The topological polar surface area (TPSA) is 36.9 Å². The van der Waals surface area contributed by atoms with Gasteiger partial charge in [-0.2, -0.15) is 0 Å². The lowest BCUT2D eigenvalue weighted by atomic mass is 9.79. The fraction of sp³-hybridized carbons (Fsp3) is 0.388. The highest BCUT2D eigenvalue weighted by Gasteiger charge is 2.39. The van der Waals surface area contributed by atoms with Gasteiger partial charge in [0, 0.05) is 11.5 Å². The molecule has 1 fully saturated rings. The molecule has 4 nitrogen and oxygen atoms in total. The summed E-state index contributed by atoms with van der Waals surface area (Å²) in [6.07, 6.45) is 1.84. The maximum absolute atomic E-state index is 7.25. The first-order valence-corrected chi connectivity index (χ1v) is 19.6. The molecule has 0 bridgehead atoms. The van der Waals surface area contributed by atoms with Crippen molar-refractivity contribution in [3.05, 3.63) is 179 Å². The van der Waals surface area contributed by atoms with Crippen LogP contribution < -0.4 is 0 Å². The maximum atomic E-state index is 7.25.